The summed E-state index contributed by atoms with van der Waals surface area (Å²) in [5, 5.41) is 0. The van der Waals surface area contributed by atoms with Crippen LogP contribution < -0.4 is 0 Å². The molecule has 0 saturated heterocycles. The van der Waals surface area contributed by atoms with Gasteiger partial charge in [-0.2, -0.15) is 0 Å². The zero-order valence-electron chi connectivity index (χ0n) is 52.9. The lowest BCUT2D eigenvalue weighted by Crippen LogP contribution is -2.30. The number of ether oxygens (including phenoxy) is 3. The molecule has 462 valence electrons. The third-order valence-corrected chi connectivity index (χ3v) is 13.1. The van der Waals surface area contributed by atoms with Gasteiger partial charge in [0, 0.05) is 19.3 Å². The summed E-state index contributed by atoms with van der Waals surface area (Å²) in [6.45, 7) is 6.23. The fraction of sp³-hybridized carbons (Fsp3) is 0.545. The highest BCUT2D eigenvalue weighted by Gasteiger charge is 2.19. The molecule has 0 bridgehead atoms. The Hall–Kier alpha value is -5.75. The van der Waals surface area contributed by atoms with E-state index in [9.17, 15) is 14.4 Å². The van der Waals surface area contributed by atoms with E-state index in [4.69, 9.17) is 14.2 Å². The molecular weight excluding hydrogens is 1020 g/mol. The molecule has 0 rings (SSSR count). The van der Waals surface area contributed by atoms with Gasteiger partial charge in [-0.25, -0.2) is 0 Å². The van der Waals surface area contributed by atoms with Crippen molar-refractivity contribution in [2.75, 3.05) is 13.2 Å². The Balaban J connectivity index is 4.55. The van der Waals surface area contributed by atoms with Crippen molar-refractivity contribution < 1.29 is 28.6 Å². The predicted octanol–water partition coefficient (Wildman–Crippen LogP) is 23.0. The Labute approximate surface area is 509 Å². The minimum Gasteiger partial charge on any atom is -0.462 e. The standard InChI is InChI=1S/C77H118O6/c1-4-7-10-13-16-19-22-25-28-31-33-35-36-37-38-39-40-42-43-46-49-52-55-58-61-64-67-70-76(79)82-73-74(72-81-75(78)69-66-63-60-57-54-51-48-45-30-27-24-21-18-15-12-9-6-3)83-77(80)71-68-65-62-59-56-53-50-47-44-41-34-32-29-26-23-20-17-14-11-8-5-2/h7-12,16-21,25-30,33-35,37-38,40-42,46-47,49-50,56,59,74H,4-6,13-15,22-24,31-32,36,39,43-45,48,51-55,57-58,60-73H2,1-3H3/b10-7-,11-8-,12-9-,19-16-,20-17-,21-18-,28-25-,29-26-,30-27-,35-33-,38-37-,41-34-,42-40-,49-46-,50-47-,59-56-. The molecule has 0 amide bonds. The Morgan fingerprint density at radius 2 is 0.434 bits per heavy atom. The second kappa shape index (κ2) is 68.7. The molecule has 0 N–H and O–H groups in total. The van der Waals surface area contributed by atoms with Gasteiger partial charge in [-0.1, -0.05) is 267 Å². The molecule has 0 saturated carbocycles. The molecule has 6 nitrogen and oxygen atoms in total. The van der Waals surface area contributed by atoms with Crippen molar-refractivity contribution in [2.45, 2.75) is 258 Å². The first-order valence-electron chi connectivity index (χ1n) is 32.9. The Kier molecular flexibility index (Phi) is 64.0. The first-order chi connectivity index (χ1) is 41.0. The van der Waals surface area contributed by atoms with E-state index in [0.29, 0.717) is 19.3 Å². The van der Waals surface area contributed by atoms with Crippen LogP contribution in [0.3, 0.4) is 0 Å². The summed E-state index contributed by atoms with van der Waals surface area (Å²) in [4.78, 5) is 38.4. The molecule has 83 heavy (non-hydrogen) atoms. The van der Waals surface area contributed by atoms with Gasteiger partial charge >= 0.3 is 17.9 Å². The molecule has 0 fully saturated rings. The van der Waals surface area contributed by atoms with Gasteiger partial charge in [0.05, 0.1) is 0 Å². The minimum absolute atomic E-state index is 0.118. The topological polar surface area (TPSA) is 78.9 Å². The number of unbranched alkanes of at least 4 members (excludes halogenated alkanes) is 14. The summed E-state index contributed by atoms with van der Waals surface area (Å²) >= 11 is 0. The van der Waals surface area contributed by atoms with Crippen molar-refractivity contribution >= 4 is 17.9 Å². The van der Waals surface area contributed by atoms with Crippen LogP contribution in [0.5, 0.6) is 0 Å². The van der Waals surface area contributed by atoms with E-state index >= 15 is 0 Å². The van der Waals surface area contributed by atoms with Gasteiger partial charge in [0.1, 0.15) is 13.2 Å². The fourth-order valence-electron chi connectivity index (χ4n) is 8.26. The number of carbonyl (C=O) groups is 3. The van der Waals surface area contributed by atoms with Crippen LogP contribution in [0.15, 0.2) is 194 Å². The van der Waals surface area contributed by atoms with E-state index in [0.717, 1.165) is 180 Å². The first kappa shape index (κ1) is 77.2. The number of rotatable bonds is 57. The molecule has 1 atom stereocenters. The SMILES string of the molecule is CC/C=C\C/C=C\C/C=C\C/C=C\C/C=C\C/C=C\C/C=C\CCCCCCCC(=O)OCC(COC(=O)CCCCCCCCC/C=C\C/C=C\C/C=C\CC)OC(=O)CCCC/C=C\C/C=C\C/C=C\C/C=C\C/C=C\C/C=C\CC. The summed E-state index contributed by atoms with van der Waals surface area (Å²) in [6, 6.07) is 0. The number of allylic oxidation sites excluding steroid dienone is 32. The van der Waals surface area contributed by atoms with Gasteiger partial charge in [-0.3, -0.25) is 14.4 Å². The highest BCUT2D eigenvalue weighted by molar-refractivity contribution is 5.71. The maximum atomic E-state index is 12.9. The lowest BCUT2D eigenvalue weighted by molar-refractivity contribution is -0.167. The Morgan fingerprint density at radius 1 is 0.241 bits per heavy atom. The summed E-state index contributed by atoms with van der Waals surface area (Å²) in [7, 11) is 0. The molecule has 0 aromatic rings. The molecule has 0 aliphatic carbocycles. The number of hydrogen-bond acceptors (Lipinski definition) is 6. The fourth-order valence-corrected chi connectivity index (χ4v) is 8.26. The van der Waals surface area contributed by atoms with E-state index in [1.807, 2.05) is 0 Å². The Bertz CT molecular complexity index is 1990. The van der Waals surface area contributed by atoms with E-state index in [-0.39, 0.29) is 37.5 Å². The average Bonchev–Trinajstić information content (AvgIpc) is 3.49. The van der Waals surface area contributed by atoms with Gasteiger partial charge < -0.3 is 14.2 Å². The van der Waals surface area contributed by atoms with Crippen LogP contribution in [-0.2, 0) is 28.6 Å². The van der Waals surface area contributed by atoms with Crippen LogP contribution in [0.4, 0.5) is 0 Å². The van der Waals surface area contributed by atoms with E-state index in [2.05, 4.69) is 215 Å². The zero-order valence-corrected chi connectivity index (χ0v) is 52.9. The number of hydrogen-bond donors (Lipinski definition) is 0. The summed E-state index contributed by atoms with van der Waals surface area (Å²) in [6.07, 6.45) is 104. The summed E-state index contributed by atoms with van der Waals surface area (Å²) in [5.74, 6) is -0.998. The normalized spacial score (nSPS) is 13.4. The molecule has 1 unspecified atom stereocenters. The van der Waals surface area contributed by atoms with Gasteiger partial charge in [0.25, 0.3) is 0 Å². The van der Waals surface area contributed by atoms with Crippen LogP contribution in [0.25, 0.3) is 0 Å². The van der Waals surface area contributed by atoms with Crippen molar-refractivity contribution in [3.05, 3.63) is 194 Å². The molecule has 0 heterocycles. The largest absolute Gasteiger partial charge is 0.462 e. The summed E-state index contributed by atoms with van der Waals surface area (Å²) < 4.78 is 16.9. The third kappa shape index (κ3) is 66.9. The molecule has 0 radical (unpaired) electrons. The van der Waals surface area contributed by atoms with Gasteiger partial charge in [-0.15, -0.1) is 0 Å². The maximum Gasteiger partial charge on any atom is 0.306 e. The molecule has 6 heteroatoms. The van der Waals surface area contributed by atoms with Crippen LogP contribution in [0.1, 0.15) is 252 Å². The zero-order chi connectivity index (χ0) is 59.9. The van der Waals surface area contributed by atoms with Crippen LogP contribution in [-0.4, -0.2) is 37.2 Å². The summed E-state index contributed by atoms with van der Waals surface area (Å²) in [5.41, 5.74) is 0. The third-order valence-electron chi connectivity index (χ3n) is 13.1. The minimum atomic E-state index is -0.828. The molecule has 0 aliphatic rings. The van der Waals surface area contributed by atoms with Gasteiger partial charge in [-0.05, 0) is 161 Å². The predicted molar refractivity (Wildman–Crippen MR) is 361 cm³/mol. The number of esters is 3. The van der Waals surface area contributed by atoms with E-state index in [1.54, 1.807) is 0 Å². The highest BCUT2D eigenvalue weighted by atomic mass is 16.6. The molecule has 0 aromatic heterocycles. The second-order valence-electron chi connectivity index (χ2n) is 20.9. The maximum absolute atomic E-state index is 12.9. The van der Waals surface area contributed by atoms with Gasteiger partial charge in [0.2, 0.25) is 0 Å². The van der Waals surface area contributed by atoms with Crippen molar-refractivity contribution in [3.8, 4) is 0 Å². The van der Waals surface area contributed by atoms with Crippen molar-refractivity contribution in [1.29, 1.82) is 0 Å². The second-order valence-corrected chi connectivity index (χ2v) is 20.9. The van der Waals surface area contributed by atoms with Crippen molar-refractivity contribution in [1.82, 2.24) is 0 Å². The molecule has 0 spiro atoms. The molecule has 0 aliphatic heterocycles. The highest BCUT2D eigenvalue weighted by Crippen LogP contribution is 2.13. The lowest BCUT2D eigenvalue weighted by Gasteiger charge is -2.18. The van der Waals surface area contributed by atoms with Crippen LogP contribution in [0, 0.1) is 0 Å². The quantitative estimate of drug-likeness (QED) is 0.0261. The van der Waals surface area contributed by atoms with Crippen LogP contribution in [0.2, 0.25) is 0 Å². The monoisotopic (exact) mass is 1140 g/mol. The van der Waals surface area contributed by atoms with E-state index < -0.39 is 6.10 Å². The van der Waals surface area contributed by atoms with Crippen molar-refractivity contribution in [2.24, 2.45) is 0 Å². The van der Waals surface area contributed by atoms with Crippen molar-refractivity contribution in [3.63, 3.8) is 0 Å². The molecule has 0 aromatic carbocycles. The molecular formula is C77H118O6. The smallest absolute Gasteiger partial charge is 0.306 e. The van der Waals surface area contributed by atoms with Gasteiger partial charge in [0.15, 0.2) is 6.10 Å². The lowest BCUT2D eigenvalue weighted by atomic mass is 10.1. The first-order valence-corrected chi connectivity index (χ1v) is 32.9. The van der Waals surface area contributed by atoms with Crippen LogP contribution >= 0.6 is 0 Å². The average molecular weight is 1140 g/mol. The number of carbonyl (C=O) groups excluding carboxylic acids is 3. The van der Waals surface area contributed by atoms with E-state index in [1.165, 1.54) is 25.7 Å². The Morgan fingerprint density at radius 3 is 0.699 bits per heavy atom.